The minimum absolute atomic E-state index is 0.118. The molecule has 0 amide bonds. The van der Waals surface area contributed by atoms with Crippen LogP contribution in [0.4, 0.5) is 4.39 Å². The topological polar surface area (TPSA) is 22.1 Å². The Morgan fingerprint density at radius 1 is 1.50 bits per heavy atom. The zero-order valence-electron chi connectivity index (χ0n) is 9.25. The molecule has 0 N–H and O–H groups in total. The van der Waals surface area contributed by atoms with Crippen molar-refractivity contribution in [2.75, 3.05) is 0 Å². The summed E-state index contributed by atoms with van der Waals surface area (Å²) in [5.41, 5.74) is 0. The maximum Gasteiger partial charge on any atom is 0.250 e. The summed E-state index contributed by atoms with van der Waals surface area (Å²) in [5.74, 6) is 0.396. The molecule has 0 aromatic carbocycles. The van der Waals surface area contributed by atoms with Crippen molar-refractivity contribution in [3.63, 3.8) is 0 Å². The predicted molar refractivity (Wildman–Crippen MR) is 63.9 cm³/mol. The third kappa shape index (κ3) is 2.94. The van der Waals surface area contributed by atoms with Crippen molar-refractivity contribution in [3.05, 3.63) is 22.6 Å². The van der Waals surface area contributed by atoms with Crippen LogP contribution in [-0.2, 0) is 0 Å². The summed E-state index contributed by atoms with van der Waals surface area (Å²) in [6, 6.07) is 1.38. The first-order valence-corrected chi connectivity index (χ1v) is 6.42. The Kier molecular flexibility index (Phi) is 3.79. The van der Waals surface area contributed by atoms with E-state index in [0.29, 0.717) is 10.4 Å². The van der Waals surface area contributed by atoms with E-state index in [-0.39, 0.29) is 12.0 Å². The van der Waals surface area contributed by atoms with Gasteiger partial charge in [-0.05, 0) is 47.2 Å². The third-order valence-corrected chi connectivity index (χ3v) is 3.37. The molecule has 0 radical (unpaired) electrons. The molecule has 0 aliphatic heterocycles. The van der Waals surface area contributed by atoms with Crippen LogP contribution >= 0.6 is 15.9 Å². The van der Waals surface area contributed by atoms with Gasteiger partial charge in [-0.2, -0.15) is 0 Å². The maximum atomic E-state index is 13.5. The molecule has 2 unspecified atom stereocenters. The van der Waals surface area contributed by atoms with Gasteiger partial charge in [-0.3, -0.25) is 0 Å². The SMILES string of the molecule is CC1CCCC(Oc2ncc(Br)cc2F)C1. The van der Waals surface area contributed by atoms with E-state index in [2.05, 4.69) is 27.8 Å². The van der Waals surface area contributed by atoms with Crippen LogP contribution in [0, 0.1) is 11.7 Å². The van der Waals surface area contributed by atoms with Crippen molar-refractivity contribution in [2.45, 2.75) is 38.7 Å². The molecule has 0 bridgehead atoms. The Balaban J connectivity index is 2.02. The summed E-state index contributed by atoms with van der Waals surface area (Å²) in [5, 5.41) is 0. The van der Waals surface area contributed by atoms with Crippen molar-refractivity contribution >= 4 is 15.9 Å². The number of hydrogen-bond donors (Lipinski definition) is 0. The van der Waals surface area contributed by atoms with Gasteiger partial charge in [0.15, 0.2) is 5.82 Å². The minimum atomic E-state index is -0.396. The molecule has 1 heterocycles. The van der Waals surface area contributed by atoms with Crippen LogP contribution in [-0.4, -0.2) is 11.1 Å². The number of ether oxygens (including phenoxy) is 1. The zero-order chi connectivity index (χ0) is 11.5. The van der Waals surface area contributed by atoms with Crippen LogP contribution in [0.5, 0.6) is 5.88 Å². The fourth-order valence-electron chi connectivity index (χ4n) is 2.13. The van der Waals surface area contributed by atoms with E-state index < -0.39 is 5.82 Å². The van der Waals surface area contributed by atoms with Crippen LogP contribution in [0.15, 0.2) is 16.7 Å². The van der Waals surface area contributed by atoms with Crippen molar-refractivity contribution in [2.24, 2.45) is 5.92 Å². The van der Waals surface area contributed by atoms with E-state index in [0.717, 1.165) is 19.3 Å². The smallest absolute Gasteiger partial charge is 0.250 e. The average molecular weight is 288 g/mol. The molecule has 2 atom stereocenters. The Morgan fingerprint density at radius 3 is 3.00 bits per heavy atom. The van der Waals surface area contributed by atoms with Gasteiger partial charge in [0, 0.05) is 10.7 Å². The summed E-state index contributed by atoms with van der Waals surface area (Å²) >= 11 is 3.17. The van der Waals surface area contributed by atoms with Crippen molar-refractivity contribution in [1.29, 1.82) is 0 Å². The lowest BCUT2D eigenvalue weighted by molar-refractivity contribution is 0.118. The molecular formula is C12H15BrFNO. The van der Waals surface area contributed by atoms with E-state index in [9.17, 15) is 4.39 Å². The number of aromatic nitrogens is 1. The van der Waals surface area contributed by atoms with E-state index in [1.807, 2.05) is 0 Å². The van der Waals surface area contributed by atoms with Gasteiger partial charge in [-0.15, -0.1) is 0 Å². The fourth-order valence-corrected chi connectivity index (χ4v) is 2.44. The maximum absolute atomic E-state index is 13.5. The second-order valence-electron chi connectivity index (χ2n) is 4.45. The molecule has 88 valence electrons. The first-order valence-electron chi connectivity index (χ1n) is 5.63. The standard InChI is InChI=1S/C12H15BrFNO/c1-8-3-2-4-10(5-8)16-12-11(14)6-9(13)7-15-12/h6-8,10H,2-5H2,1H3. The number of hydrogen-bond acceptors (Lipinski definition) is 2. The molecule has 0 saturated heterocycles. The highest BCUT2D eigenvalue weighted by Gasteiger charge is 2.21. The average Bonchev–Trinajstić information content (AvgIpc) is 2.22. The van der Waals surface area contributed by atoms with Crippen LogP contribution in [0.2, 0.25) is 0 Å². The predicted octanol–water partition coefficient (Wildman–Crippen LogP) is 3.94. The lowest BCUT2D eigenvalue weighted by atomic mass is 9.89. The summed E-state index contributed by atoms with van der Waals surface area (Å²) in [6.07, 6.45) is 6.08. The van der Waals surface area contributed by atoms with Gasteiger partial charge in [0.25, 0.3) is 5.88 Å². The number of nitrogens with zero attached hydrogens (tertiary/aromatic N) is 1. The molecular weight excluding hydrogens is 273 g/mol. The van der Waals surface area contributed by atoms with E-state index in [1.165, 1.54) is 12.5 Å². The van der Waals surface area contributed by atoms with Crippen LogP contribution < -0.4 is 4.74 Å². The molecule has 1 fully saturated rings. The Bertz CT molecular complexity index is 372. The monoisotopic (exact) mass is 287 g/mol. The molecule has 16 heavy (non-hydrogen) atoms. The highest BCUT2D eigenvalue weighted by molar-refractivity contribution is 9.10. The molecule has 4 heteroatoms. The molecule has 2 rings (SSSR count). The summed E-state index contributed by atoms with van der Waals surface area (Å²) in [4.78, 5) is 3.95. The molecule has 1 aromatic heterocycles. The van der Waals surface area contributed by atoms with E-state index in [1.54, 1.807) is 6.20 Å². The Labute approximate surface area is 103 Å². The van der Waals surface area contributed by atoms with Gasteiger partial charge >= 0.3 is 0 Å². The van der Waals surface area contributed by atoms with Gasteiger partial charge < -0.3 is 4.74 Å². The lowest BCUT2D eigenvalue weighted by Gasteiger charge is -2.26. The quantitative estimate of drug-likeness (QED) is 0.822. The second-order valence-corrected chi connectivity index (χ2v) is 5.37. The largest absolute Gasteiger partial charge is 0.472 e. The number of halogens is 2. The highest BCUT2D eigenvalue weighted by atomic mass is 79.9. The molecule has 1 aliphatic carbocycles. The highest BCUT2D eigenvalue weighted by Crippen LogP contribution is 2.28. The molecule has 1 saturated carbocycles. The van der Waals surface area contributed by atoms with Gasteiger partial charge in [0.2, 0.25) is 0 Å². The molecule has 0 spiro atoms. The van der Waals surface area contributed by atoms with Gasteiger partial charge in [0.1, 0.15) is 6.10 Å². The first-order chi connectivity index (χ1) is 7.65. The van der Waals surface area contributed by atoms with Gasteiger partial charge in [0.05, 0.1) is 0 Å². The van der Waals surface area contributed by atoms with Crippen LogP contribution in [0.1, 0.15) is 32.6 Å². The number of rotatable bonds is 2. The van der Waals surface area contributed by atoms with Gasteiger partial charge in [-0.1, -0.05) is 13.3 Å². The van der Waals surface area contributed by atoms with Crippen LogP contribution in [0.3, 0.4) is 0 Å². The summed E-state index contributed by atoms with van der Waals surface area (Å²) < 4.78 is 19.7. The Hall–Kier alpha value is -0.640. The fraction of sp³-hybridized carbons (Fsp3) is 0.583. The zero-order valence-corrected chi connectivity index (χ0v) is 10.8. The Morgan fingerprint density at radius 2 is 2.31 bits per heavy atom. The molecule has 2 nitrogen and oxygen atoms in total. The summed E-state index contributed by atoms with van der Waals surface area (Å²) in [6.45, 7) is 2.21. The second kappa shape index (κ2) is 5.13. The normalized spacial score (nSPS) is 25.4. The third-order valence-electron chi connectivity index (χ3n) is 2.94. The van der Waals surface area contributed by atoms with Crippen LogP contribution in [0.25, 0.3) is 0 Å². The van der Waals surface area contributed by atoms with E-state index in [4.69, 9.17) is 4.74 Å². The minimum Gasteiger partial charge on any atom is -0.472 e. The van der Waals surface area contributed by atoms with Gasteiger partial charge in [-0.25, -0.2) is 9.37 Å². The molecule has 1 aliphatic rings. The number of pyridine rings is 1. The molecule has 1 aromatic rings. The van der Waals surface area contributed by atoms with Crippen molar-refractivity contribution in [1.82, 2.24) is 4.98 Å². The van der Waals surface area contributed by atoms with Crippen molar-refractivity contribution in [3.8, 4) is 5.88 Å². The van der Waals surface area contributed by atoms with Crippen molar-refractivity contribution < 1.29 is 9.13 Å². The van der Waals surface area contributed by atoms with E-state index >= 15 is 0 Å². The lowest BCUT2D eigenvalue weighted by Crippen LogP contribution is -2.24. The first kappa shape index (κ1) is 11.8. The summed E-state index contributed by atoms with van der Waals surface area (Å²) in [7, 11) is 0.